The summed E-state index contributed by atoms with van der Waals surface area (Å²) < 4.78 is 0. The van der Waals surface area contributed by atoms with E-state index >= 15 is 0 Å². The van der Waals surface area contributed by atoms with Crippen molar-refractivity contribution in [2.24, 2.45) is 23.5 Å². The second-order valence-corrected chi connectivity index (χ2v) is 4.71. The van der Waals surface area contributed by atoms with E-state index in [0.717, 1.165) is 24.3 Å². The van der Waals surface area contributed by atoms with Gasteiger partial charge in [0, 0.05) is 0 Å². The molecule has 2 N–H and O–H groups in total. The van der Waals surface area contributed by atoms with Crippen molar-refractivity contribution in [1.82, 2.24) is 0 Å². The lowest BCUT2D eigenvalue weighted by molar-refractivity contribution is 0.235. The molecule has 0 aromatic carbocycles. The maximum absolute atomic E-state index is 5.60. The fourth-order valence-electron chi connectivity index (χ4n) is 2.83. The summed E-state index contributed by atoms with van der Waals surface area (Å²) in [6.07, 6.45) is 10.3. The Morgan fingerprint density at radius 2 is 1.83 bits per heavy atom. The molecular formula is C11H21N. The maximum atomic E-state index is 5.60. The summed E-state index contributed by atoms with van der Waals surface area (Å²) in [6, 6.07) is 0. The van der Waals surface area contributed by atoms with Crippen molar-refractivity contribution >= 4 is 0 Å². The molecule has 2 unspecified atom stereocenters. The van der Waals surface area contributed by atoms with Gasteiger partial charge in [-0.05, 0) is 50.0 Å². The molecule has 0 aromatic rings. The van der Waals surface area contributed by atoms with Crippen LogP contribution in [0.5, 0.6) is 0 Å². The standard InChI is InChI=1S/C11H21N/c12-7-6-9-2-1-3-11(8-9)10-4-5-10/h9-11H,1-8,12H2. The quantitative estimate of drug-likeness (QED) is 0.687. The van der Waals surface area contributed by atoms with Crippen LogP contribution in [-0.4, -0.2) is 6.54 Å². The fourth-order valence-corrected chi connectivity index (χ4v) is 2.83. The normalized spacial score (nSPS) is 36.8. The highest BCUT2D eigenvalue weighted by molar-refractivity contribution is 4.85. The molecule has 2 aliphatic rings. The van der Waals surface area contributed by atoms with Crippen LogP contribution in [0, 0.1) is 17.8 Å². The van der Waals surface area contributed by atoms with E-state index in [1.165, 1.54) is 44.9 Å². The first-order valence-electron chi connectivity index (χ1n) is 5.60. The minimum atomic E-state index is 0.905. The Kier molecular flexibility index (Phi) is 2.69. The van der Waals surface area contributed by atoms with Crippen molar-refractivity contribution in [2.75, 3.05) is 6.54 Å². The molecule has 2 rings (SSSR count). The molecule has 2 saturated carbocycles. The van der Waals surface area contributed by atoms with Crippen molar-refractivity contribution < 1.29 is 0 Å². The van der Waals surface area contributed by atoms with Crippen LogP contribution in [0.3, 0.4) is 0 Å². The molecule has 0 aliphatic heterocycles. The average Bonchev–Trinajstić information content (AvgIpc) is 2.88. The highest BCUT2D eigenvalue weighted by Gasteiger charge is 2.34. The van der Waals surface area contributed by atoms with Crippen molar-refractivity contribution in [2.45, 2.75) is 44.9 Å². The average molecular weight is 167 g/mol. The third-order valence-electron chi connectivity index (χ3n) is 3.69. The Bertz CT molecular complexity index is 138. The molecule has 0 saturated heterocycles. The molecule has 0 amide bonds. The summed E-state index contributed by atoms with van der Waals surface area (Å²) in [6.45, 7) is 0.905. The van der Waals surface area contributed by atoms with Gasteiger partial charge in [-0.15, -0.1) is 0 Å². The van der Waals surface area contributed by atoms with Crippen LogP contribution >= 0.6 is 0 Å². The molecule has 1 nitrogen and oxygen atoms in total. The van der Waals surface area contributed by atoms with E-state index in [-0.39, 0.29) is 0 Å². The summed E-state index contributed by atoms with van der Waals surface area (Å²) in [4.78, 5) is 0. The zero-order valence-corrected chi connectivity index (χ0v) is 7.97. The van der Waals surface area contributed by atoms with E-state index in [2.05, 4.69) is 0 Å². The van der Waals surface area contributed by atoms with Crippen molar-refractivity contribution in [3.05, 3.63) is 0 Å². The Morgan fingerprint density at radius 3 is 2.50 bits per heavy atom. The molecule has 0 radical (unpaired) electrons. The monoisotopic (exact) mass is 167 g/mol. The van der Waals surface area contributed by atoms with E-state index in [0.29, 0.717) is 0 Å². The molecule has 0 spiro atoms. The smallest absolute Gasteiger partial charge is 0.00746 e. The molecular weight excluding hydrogens is 146 g/mol. The predicted molar refractivity (Wildman–Crippen MR) is 51.8 cm³/mol. The molecule has 0 bridgehead atoms. The number of hydrogen-bond donors (Lipinski definition) is 1. The van der Waals surface area contributed by atoms with Crippen molar-refractivity contribution in [3.8, 4) is 0 Å². The van der Waals surface area contributed by atoms with Crippen LogP contribution < -0.4 is 5.73 Å². The highest BCUT2D eigenvalue weighted by atomic mass is 14.5. The maximum Gasteiger partial charge on any atom is -0.00746 e. The second kappa shape index (κ2) is 3.78. The molecule has 2 fully saturated rings. The van der Waals surface area contributed by atoms with Crippen LogP contribution in [0.4, 0.5) is 0 Å². The van der Waals surface area contributed by atoms with Gasteiger partial charge < -0.3 is 5.73 Å². The molecule has 2 atom stereocenters. The van der Waals surface area contributed by atoms with E-state index in [1.54, 1.807) is 0 Å². The highest BCUT2D eigenvalue weighted by Crippen LogP contribution is 2.45. The number of nitrogens with two attached hydrogens (primary N) is 1. The van der Waals surface area contributed by atoms with Gasteiger partial charge in [-0.25, -0.2) is 0 Å². The Hall–Kier alpha value is -0.0400. The summed E-state index contributed by atoms with van der Waals surface area (Å²) >= 11 is 0. The van der Waals surface area contributed by atoms with Crippen LogP contribution in [0.1, 0.15) is 44.9 Å². The number of hydrogen-bond acceptors (Lipinski definition) is 1. The van der Waals surface area contributed by atoms with Crippen LogP contribution in [-0.2, 0) is 0 Å². The molecule has 1 heteroatoms. The van der Waals surface area contributed by atoms with Crippen molar-refractivity contribution in [1.29, 1.82) is 0 Å². The third-order valence-corrected chi connectivity index (χ3v) is 3.69. The van der Waals surface area contributed by atoms with E-state index < -0.39 is 0 Å². The van der Waals surface area contributed by atoms with Gasteiger partial charge in [0.05, 0.1) is 0 Å². The lowest BCUT2D eigenvalue weighted by Gasteiger charge is -2.28. The minimum Gasteiger partial charge on any atom is -0.330 e. The molecule has 2 aliphatic carbocycles. The zero-order valence-electron chi connectivity index (χ0n) is 7.97. The fraction of sp³-hybridized carbons (Fsp3) is 1.00. The van der Waals surface area contributed by atoms with Crippen LogP contribution in [0.15, 0.2) is 0 Å². The molecule has 0 heterocycles. The summed E-state index contributed by atoms with van der Waals surface area (Å²) in [5, 5.41) is 0. The van der Waals surface area contributed by atoms with Gasteiger partial charge in [-0.3, -0.25) is 0 Å². The largest absolute Gasteiger partial charge is 0.330 e. The second-order valence-electron chi connectivity index (χ2n) is 4.71. The Balaban J connectivity index is 1.77. The van der Waals surface area contributed by atoms with Crippen LogP contribution in [0.2, 0.25) is 0 Å². The predicted octanol–water partition coefficient (Wildman–Crippen LogP) is 2.55. The summed E-state index contributed by atoms with van der Waals surface area (Å²) in [5.74, 6) is 3.20. The summed E-state index contributed by atoms with van der Waals surface area (Å²) in [7, 11) is 0. The SMILES string of the molecule is NCCC1CCCC(C2CC2)C1. The first kappa shape index (κ1) is 8.55. The van der Waals surface area contributed by atoms with Gasteiger partial charge in [0.1, 0.15) is 0 Å². The van der Waals surface area contributed by atoms with Gasteiger partial charge in [-0.2, -0.15) is 0 Å². The van der Waals surface area contributed by atoms with Gasteiger partial charge in [-0.1, -0.05) is 19.3 Å². The zero-order chi connectivity index (χ0) is 8.39. The van der Waals surface area contributed by atoms with E-state index in [1.807, 2.05) is 0 Å². The van der Waals surface area contributed by atoms with E-state index in [4.69, 9.17) is 5.73 Å². The molecule has 12 heavy (non-hydrogen) atoms. The van der Waals surface area contributed by atoms with Crippen LogP contribution in [0.25, 0.3) is 0 Å². The molecule has 0 aromatic heterocycles. The first-order chi connectivity index (χ1) is 5.90. The Morgan fingerprint density at radius 1 is 1.00 bits per heavy atom. The topological polar surface area (TPSA) is 26.0 Å². The number of rotatable bonds is 3. The van der Waals surface area contributed by atoms with Gasteiger partial charge in [0.25, 0.3) is 0 Å². The van der Waals surface area contributed by atoms with E-state index in [9.17, 15) is 0 Å². The molecule has 70 valence electrons. The van der Waals surface area contributed by atoms with Gasteiger partial charge >= 0.3 is 0 Å². The summed E-state index contributed by atoms with van der Waals surface area (Å²) in [5.41, 5.74) is 5.60. The first-order valence-corrected chi connectivity index (χ1v) is 5.60. The van der Waals surface area contributed by atoms with Crippen molar-refractivity contribution in [3.63, 3.8) is 0 Å². The third kappa shape index (κ3) is 2.01. The minimum absolute atomic E-state index is 0.905. The Labute approximate surface area is 75.7 Å². The van der Waals surface area contributed by atoms with Gasteiger partial charge in [0.2, 0.25) is 0 Å². The lowest BCUT2D eigenvalue weighted by atomic mass is 9.78. The van der Waals surface area contributed by atoms with Gasteiger partial charge in [0.15, 0.2) is 0 Å². The lowest BCUT2D eigenvalue weighted by Crippen LogP contribution is -2.19.